The van der Waals surface area contributed by atoms with E-state index in [-0.39, 0.29) is 41.8 Å². The number of alkyl halides is 3. The SMILES string of the molecule is Nc1ncc(-c2cn(C3CCC(C(F)(F)F)CC3)nn2)cc1-c1nnnn1-c1cccc(F)c1F. The van der Waals surface area contributed by atoms with E-state index in [1.54, 1.807) is 16.9 Å². The van der Waals surface area contributed by atoms with Crippen molar-refractivity contribution in [2.24, 2.45) is 5.92 Å². The Balaban J connectivity index is 1.43. The summed E-state index contributed by atoms with van der Waals surface area (Å²) in [4.78, 5) is 4.14. The van der Waals surface area contributed by atoms with Crippen LogP contribution in [0.5, 0.6) is 0 Å². The number of hydrogen-bond donors (Lipinski definition) is 1. The number of pyridine rings is 1. The average molecular weight is 491 g/mol. The molecule has 1 fully saturated rings. The fourth-order valence-electron chi connectivity index (χ4n) is 4.22. The van der Waals surface area contributed by atoms with E-state index in [1.165, 1.54) is 18.3 Å². The number of nitrogens with zero attached hydrogens (tertiary/aromatic N) is 8. The molecule has 0 bridgehead atoms. The van der Waals surface area contributed by atoms with Gasteiger partial charge in [0.2, 0.25) is 0 Å². The summed E-state index contributed by atoms with van der Waals surface area (Å²) in [6.07, 6.45) is -0.353. The first kappa shape index (κ1) is 22.8. The average Bonchev–Trinajstić information content (AvgIpc) is 3.51. The second-order valence-electron chi connectivity index (χ2n) is 8.27. The standard InChI is InChI=1S/C21H18F5N9/c22-15-2-1-3-17(18(15)23)35-20(30-31-33-35)14-8-11(9-28-19(14)27)16-10-34(32-29-16)13-6-4-12(5-7-13)21(24,25)26/h1-3,8-10,12-13H,4-7H2,(H2,27,28). The summed E-state index contributed by atoms with van der Waals surface area (Å²) in [6, 6.07) is 4.98. The van der Waals surface area contributed by atoms with Gasteiger partial charge in [0.1, 0.15) is 17.2 Å². The molecule has 1 aromatic carbocycles. The minimum absolute atomic E-state index is 0.0271. The molecule has 0 spiro atoms. The largest absolute Gasteiger partial charge is 0.391 e. The van der Waals surface area contributed by atoms with Crippen molar-refractivity contribution in [3.8, 4) is 28.3 Å². The van der Waals surface area contributed by atoms with Crippen molar-refractivity contribution in [3.05, 3.63) is 48.3 Å². The highest BCUT2D eigenvalue weighted by molar-refractivity contribution is 5.75. The summed E-state index contributed by atoms with van der Waals surface area (Å²) in [5, 5.41) is 19.4. The molecular formula is C21H18F5N9. The van der Waals surface area contributed by atoms with Crippen LogP contribution in [-0.4, -0.2) is 46.4 Å². The Morgan fingerprint density at radius 3 is 2.51 bits per heavy atom. The molecule has 1 saturated carbocycles. The molecule has 0 aliphatic heterocycles. The first-order chi connectivity index (χ1) is 16.7. The molecule has 9 nitrogen and oxygen atoms in total. The van der Waals surface area contributed by atoms with Gasteiger partial charge in [-0.25, -0.2) is 18.4 Å². The Labute approximate surface area is 194 Å². The van der Waals surface area contributed by atoms with Crippen LogP contribution in [-0.2, 0) is 0 Å². The van der Waals surface area contributed by atoms with E-state index in [0.29, 0.717) is 24.1 Å². The Kier molecular flexibility index (Phi) is 5.65. The van der Waals surface area contributed by atoms with E-state index in [9.17, 15) is 22.0 Å². The highest BCUT2D eigenvalue weighted by Crippen LogP contribution is 2.41. The van der Waals surface area contributed by atoms with Crippen LogP contribution in [0.4, 0.5) is 27.8 Å². The third kappa shape index (κ3) is 4.31. The van der Waals surface area contributed by atoms with Gasteiger partial charge in [-0.2, -0.15) is 17.9 Å². The van der Waals surface area contributed by atoms with Gasteiger partial charge in [0.05, 0.1) is 23.7 Å². The number of tetrazole rings is 1. The molecule has 3 aromatic heterocycles. The van der Waals surface area contributed by atoms with E-state index in [2.05, 4.69) is 30.8 Å². The molecule has 0 saturated heterocycles. The van der Waals surface area contributed by atoms with Gasteiger partial charge in [0, 0.05) is 11.8 Å². The number of benzene rings is 1. The van der Waals surface area contributed by atoms with E-state index in [4.69, 9.17) is 5.73 Å². The lowest BCUT2D eigenvalue weighted by Crippen LogP contribution is -2.28. The lowest BCUT2D eigenvalue weighted by atomic mass is 9.86. The van der Waals surface area contributed by atoms with Gasteiger partial charge < -0.3 is 5.73 Å². The number of nitrogen functional groups attached to an aromatic ring is 1. The third-order valence-corrected chi connectivity index (χ3v) is 6.13. The maximum absolute atomic E-state index is 14.4. The van der Waals surface area contributed by atoms with Gasteiger partial charge in [-0.1, -0.05) is 11.3 Å². The number of anilines is 1. The Bertz CT molecular complexity index is 1360. The normalized spacial score (nSPS) is 18.7. The zero-order valence-electron chi connectivity index (χ0n) is 18.0. The van der Waals surface area contributed by atoms with E-state index in [1.807, 2.05) is 0 Å². The smallest absolute Gasteiger partial charge is 0.383 e. The monoisotopic (exact) mass is 491 g/mol. The highest BCUT2D eigenvalue weighted by atomic mass is 19.4. The molecule has 0 atom stereocenters. The molecule has 2 N–H and O–H groups in total. The van der Waals surface area contributed by atoms with Crippen molar-refractivity contribution < 1.29 is 22.0 Å². The van der Waals surface area contributed by atoms with Crippen LogP contribution < -0.4 is 5.73 Å². The van der Waals surface area contributed by atoms with Crippen LogP contribution in [0.25, 0.3) is 28.3 Å². The maximum Gasteiger partial charge on any atom is 0.391 e. The number of halogens is 5. The minimum atomic E-state index is -4.19. The Morgan fingerprint density at radius 2 is 1.77 bits per heavy atom. The van der Waals surface area contributed by atoms with Gasteiger partial charge in [-0.3, -0.25) is 0 Å². The van der Waals surface area contributed by atoms with E-state index < -0.39 is 23.7 Å². The van der Waals surface area contributed by atoms with Crippen molar-refractivity contribution in [2.45, 2.75) is 37.9 Å². The predicted octanol–water partition coefficient (Wildman–Crippen LogP) is 4.14. The lowest BCUT2D eigenvalue weighted by Gasteiger charge is -2.29. The number of hydrogen-bond acceptors (Lipinski definition) is 7. The molecule has 0 amide bonds. The fourth-order valence-corrected chi connectivity index (χ4v) is 4.22. The summed E-state index contributed by atoms with van der Waals surface area (Å²) in [6.45, 7) is 0. The molecule has 3 heterocycles. The van der Waals surface area contributed by atoms with Gasteiger partial charge in [-0.05, 0) is 54.3 Å². The number of nitrogens with two attached hydrogens (primary N) is 1. The van der Waals surface area contributed by atoms with Crippen LogP contribution in [0.3, 0.4) is 0 Å². The zero-order chi connectivity index (χ0) is 24.7. The quantitative estimate of drug-likeness (QED) is 0.427. The second kappa shape index (κ2) is 8.67. The Hall–Kier alpha value is -3.97. The summed E-state index contributed by atoms with van der Waals surface area (Å²) < 4.78 is 69.5. The highest BCUT2D eigenvalue weighted by Gasteiger charge is 2.41. The number of rotatable bonds is 4. The summed E-state index contributed by atoms with van der Waals surface area (Å²) in [5.74, 6) is -3.42. The Morgan fingerprint density at radius 1 is 1.00 bits per heavy atom. The predicted molar refractivity (Wildman–Crippen MR) is 113 cm³/mol. The molecule has 0 unspecified atom stereocenters. The second-order valence-corrected chi connectivity index (χ2v) is 8.27. The van der Waals surface area contributed by atoms with Crippen molar-refractivity contribution in [1.29, 1.82) is 0 Å². The van der Waals surface area contributed by atoms with Crippen LogP contribution in [0.1, 0.15) is 31.7 Å². The van der Waals surface area contributed by atoms with Crippen molar-refractivity contribution in [1.82, 2.24) is 40.2 Å². The first-order valence-corrected chi connectivity index (χ1v) is 10.7. The molecule has 0 radical (unpaired) electrons. The zero-order valence-corrected chi connectivity index (χ0v) is 18.0. The molecule has 182 valence electrons. The molecular weight excluding hydrogens is 473 g/mol. The van der Waals surface area contributed by atoms with Gasteiger partial charge in [-0.15, -0.1) is 10.2 Å². The van der Waals surface area contributed by atoms with Crippen molar-refractivity contribution in [2.75, 3.05) is 5.73 Å². The topological polar surface area (TPSA) is 113 Å². The van der Waals surface area contributed by atoms with Crippen molar-refractivity contribution >= 4 is 5.82 Å². The summed E-state index contributed by atoms with van der Waals surface area (Å²) in [7, 11) is 0. The van der Waals surface area contributed by atoms with Crippen LogP contribution in [0.2, 0.25) is 0 Å². The molecule has 1 aliphatic carbocycles. The third-order valence-electron chi connectivity index (χ3n) is 6.13. The van der Waals surface area contributed by atoms with Crippen LogP contribution in [0, 0.1) is 17.6 Å². The molecule has 14 heteroatoms. The fraction of sp³-hybridized carbons (Fsp3) is 0.333. The lowest BCUT2D eigenvalue weighted by molar-refractivity contribution is -0.183. The van der Waals surface area contributed by atoms with Crippen molar-refractivity contribution in [3.63, 3.8) is 0 Å². The molecule has 35 heavy (non-hydrogen) atoms. The summed E-state index contributed by atoms with van der Waals surface area (Å²) >= 11 is 0. The molecule has 4 aromatic rings. The van der Waals surface area contributed by atoms with Gasteiger partial charge in [0.25, 0.3) is 0 Å². The van der Waals surface area contributed by atoms with E-state index in [0.717, 1.165) is 10.7 Å². The maximum atomic E-state index is 14.4. The van der Waals surface area contributed by atoms with Gasteiger partial charge >= 0.3 is 6.18 Å². The molecule has 1 aliphatic rings. The van der Waals surface area contributed by atoms with Gasteiger partial charge in [0.15, 0.2) is 17.5 Å². The van der Waals surface area contributed by atoms with E-state index >= 15 is 0 Å². The van der Waals surface area contributed by atoms with Crippen LogP contribution >= 0.6 is 0 Å². The van der Waals surface area contributed by atoms with Crippen LogP contribution in [0.15, 0.2) is 36.7 Å². The first-order valence-electron chi connectivity index (χ1n) is 10.7. The molecule has 5 rings (SSSR count). The minimum Gasteiger partial charge on any atom is -0.383 e. The number of aromatic nitrogens is 8. The summed E-state index contributed by atoms with van der Waals surface area (Å²) in [5.41, 5.74) is 6.95.